The number of benzene rings is 1. The monoisotopic (exact) mass is 421 g/mol. The Hall–Kier alpha value is -2.04. The first-order valence-corrected chi connectivity index (χ1v) is 10.0. The number of carbonyl (C=O) groups is 2. The number of hydrogen-bond acceptors (Lipinski definition) is 8. The van der Waals surface area contributed by atoms with Crippen LogP contribution in [-0.2, 0) is 33.2 Å². The first-order valence-electron chi connectivity index (χ1n) is 10.0. The standard InChI is InChI=1S/C21H27NO8/c1-6-25-18(24)11-7-9-12(10-8-11)22-17(23)15-13-14(28-20(2,3)27-13)16-19(26-15)30-21(4,5)29-16/h7-10,13-16,19H,6H2,1-5H3,(H,22,23)/t13-,14-,15+,16+,19+/m0/s1. The van der Waals surface area contributed by atoms with Crippen molar-refractivity contribution in [2.24, 2.45) is 0 Å². The number of ether oxygens (including phenoxy) is 6. The van der Waals surface area contributed by atoms with Gasteiger partial charge >= 0.3 is 5.97 Å². The van der Waals surface area contributed by atoms with Gasteiger partial charge in [-0.1, -0.05) is 0 Å². The number of fused-ring (bicyclic) bond motifs is 3. The van der Waals surface area contributed by atoms with E-state index in [9.17, 15) is 9.59 Å². The van der Waals surface area contributed by atoms with Crippen molar-refractivity contribution in [3.63, 3.8) is 0 Å². The first-order chi connectivity index (χ1) is 14.1. The molecule has 9 nitrogen and oxygen atoms in total. The molecule has 0 saturated carbocycles. The van der Waals surface area contributed by atoms with Crippen LogP contribution in [0, 0.1) is 0 Å². The Balaban J connectivity index is 1.50. The summed E-state index contributed by atoms with van der Waals surface area (Å²) in [6.45, 7) is 9.16. The molecule has 4 rings (SSSR count). The van der Waals surface area contributed by atoms with Gasteiger partial charge in [0.1, 0.15) is 18.3 Å². The number of carbonyl (C=O) groups excluding carboxylic acids is 2. The van der Waals surface area contributed by atoms with E-state index in [1.54, 1.807) is 58.9 Å². The zero-order valence-corrected chi connectivity index (χ0v) is 17.7. The van der Waals surface area contributed by atoms with E-state index in [0.29, 0.717) is 17.9 Å². The fraction of sp³-hybridized carbons (Fsp3) is 0.619. The summed E-state index contributed by atoms with van der Waals surface area (Å²) in [5, 5.41) is 2.80. The molecule has 3 fully saturated rings. The largest absolute Gasteiger partial charge is 0.462 e. The fourth-order valence-corrected chi connectivity index (χ4v) is 3.94. The summed E-state index contributed by atoms with van der Waals surface area (Å²) in [6.07, 6.45) is -3.37. The number of hydrogen-bond donors (Lipinski definition) is 1. The maximum Gasteiger partial charge on any atom is 0.338 e. The van der Waals surface area contributed by atoms with Gasteiger partial charge in [-0.3, -0.25) is 4.79 Å². The molecule has 1 N–H and O–H groups in total. The van der Waals surface area contributed by atoms with E-state index < -0.39 is 54.2 Å². The van der Waals surface area contributed by atoms with Crippen molar-refractivity contribution in [3.05, 3.63) is 29.8 Å². The smallest absolute Gasteiger partial charge is 0.338 e. The Morgan fingerprint density at radius 1 is 0.933 bits per heavy atom. The van der Waals surface area contributed by atoms with Gasteiger partial charge in [0.05, 0.1) is 12.2 Å². The predicted octanol–water partition coefficient (Wildman–Crippen LogP) is 2.20. The quantitative estimate of drug-likeness (QED) is 0.739. The van der Waals surface area contributed by atoms with E-state index in [1.807, 2.05) is 0 Å². The van der Waals surface area contributed by atoms with E-state index in [2.05, 4.69) is 5.32 Å². The number of anilines is 1. The maximum absolute atomic E-state index is 13.0. The maximum atomic E-state index is 13.0. The molecule has 9 heteroatoms. The minimum absolute atomic E-state index is 0.294. The fourth-order valence-electron chi connectivity index (χ4n) is 3.94. The van der Waals surface area contributed by atoms with Crippen LogP contribution in [0.15, 0.2) is 24.3 Å². The van der Waals surface area contributed by atoms with Crippen LogP contribution in [0.2, 0.25) is 0 Å². The predicted molar refractivity (Wildman–Crippen MR) is 104 cm³/mol. The highest BCUT2D eigenvalue weighted by Gasteiger charge is 2.62. The highest BCUT2D eigenvalue weighted by Crippen LogP contribution is 2.44. The van der Waals surface area contributed by atoms with Gasteiger partial charge in [0, 0.05) is 5.69 Å². The Bertz CT molecular complexity index is 821. The minimum Gasteiger partial charge on any atom is -0.462 e. The molecule has 3 heterocycles. The third-order valence-electron chi connectivity index (χ3n) is 5.08. The lowest BCUT2D eigenvalue weighted by Crippen LogP contribution is -2.58. The van der Waals surface area contributed by atoms with Gasteiger partial charge in [0.2, 0.25) is 0 Å². The zero-order valence-electron chi connectivity index (χ0n) is 17.7. The van der Waals surface area contributed by atoms with Crippen LogP contribution in [0.4, 0.5) is 5.69 Å². The molecule has 30 heavy (non-hydrogen) atoms. The van der Waals surface area contributed by atoms with Crippen LogP contribution < -0.4 is 5.32 Å². The van der Waals surface area contributed by atoms with Crippen LogP contribution in [0.25, 0.3) is 0 Å². The van der Waals surface area contributed by atoms with E-state index in [4.69, 9.17) is 28.4 Å². The van der Waals surface area contributed by atoms with Gasteiger partial charge in [-0.25, -0.2) is 4.79 Å². The molecule has 1 aromatic carbocycles. The van der Waals surface area contributed by atoms with Crippen LogP contribution >= 0.6 is 0 Å². The topological polar surface area (TPSA) is 102 Å². The molecule has 1 amide bonds. The van der Waals surface area contributed by atoms with Crippen molar-refractivity contribution in [1.82, 2.24) is 0 Å². The number of nitrogens with one attached hydrogen (secondary N) is 1. The molecule has 0 spiro atoms. The molecule has 0 aliphatic carbocycles. The zero-order chi connectivity index (χ0) is 21.7. The average Bonchev–Trinajstić information content (AvgIpc) is 3.15. The second-order valence-corrected chi connectivity index (χ2v) is 8.38. The number of esters is 1. The summed E-state index contributed by atoms with van der Waals surface area (Å²) in [5.74, 6) is -2.56. The molecule has 3 aliphatic heterocycles. The molecule has 0 unspecified atom stereocenters. The molecule has 0 radical (unpaired) electrons. The van der Waals surface area contributed by atoms with Gasteiger partial charge in [-0.05, 0) is 58.9 Å². The van der Waals surface area contributed by atoms with E-state index in [0.717, 1.165) is 0 Å². The van der Waals surface area contributed by atoms with Gasteiger partial charge < -0.3 is 33.7 Å². The third kappa shape index (κ3) is 4.08. The van der Waals surface area contributed by atoms with E-state index >= 15 is 0 Å². The summed E-state index contributed by atoms with van der Waals surface area (Å²) in [7, 11) is 0. The molecule has 0 aromatic heterocycles. The van der Waals surface area contributed by atoms with Crippen molar-refractivity contribution in [2.75, 3.05) is 11.9 Å². The number of amides is 1. The van der Waals surface area contributed by atoms with Gasteiger partial charge in [0.15, 0.2) is 24.0 Å². The Kier molecular flexibility index (Phi) is 5.36. The summed E-state index contributed by atoms with van der Waals surface area (Å²) < 4.78 is 34.6. The summed E-state index contributed by atoms with van der Waals surface area (Å²) >= 11 is 0. The van der Waals surface area contributed by atoms with Gasteiger partial charge in [0.25, 0.3) is 5.91 Å². The normalized spacial score (nSPS) is 33.4. The Morgan fingerprint density at radius 3 is 2.20 bits per heavy atom. The van der Waals surface area contributed by atoms with Crippen molar-refractivity contribution >= 4 is 17.6 Å². The molecule has 5 atom stereocenters. The molecular formula is C21H27NO8. The van der Waals surface area contributed by atoms with Crippen LogP contribution in [-0.4, -0.2) is 60.8 Å². The lowest BCUT2D eigenvalue weighted by molar-refractivity contribution is -0.229. The average molecular weight is 421 g/mol. The third-order valence-corrected chi connectivity index (χ3v) is 5.08. The molecule has 0 bridgehead atoms. The first kappa shape index (κ1) is 21.2. The van der Waals surface area contributed by atoms with Crippen molar-refractivity contribution in [1.29, 1.82) is 0 Å². The summed E-state index contributed by atoms with van der Waals surface area (Å²) in [5.41, 5.74) is 0.914. The Morgan fingerprint density at radius 2 is 1.53 bits per heavy atom. The summed E-state index contributed by atoms with van der Waals surface area (Å²) in [4.78, 5) is 24.8. The van der Waals surface area contributed by atoms with Crippen molar-refractivity contribution < 1.29 is 38.0 Å². The van der Waals surface area contributed by atoms with Crippen LogP contribution in [0.3, 0.4) is 0 Å². The van der Waals surface area contributed by atoms with E-state index in [1.165, 1.54) is 0 Å². The van der Waals surface area contributed by atoms with Crippen molar-refractivity contribution in [3.8, 4) is 0 Å². The minimum atomic E-state index is -0.958. The molecule has 1 aromatic rings. The van der Waals surface area contributed by atoms with E-state index in [-0.39, 0.29) is 0 Å². The highest BCUT2D eigenvalue weighted by atomic mass is 16.9. The van der Waals surface area contributed by atoms with Crippen molar-refractivity contribution in [2.45, 2.75) is 76.9 Å². The molecule has 164 valence electrons. The lowest BCUT2D eigenvalue weighted by atomic mass is 9.98. The second-order valence-electron chi connectivity index (χ2n) is 8.38. The second kappa shape index (κ2) is 7.58. The summed E-state index contributed by atoms with van der Waals surface area (Å²) in [6, 6.07) is 6.43. The Labute approximate surface area is 174 Å². The molecule has 3 aliphatic rings. The van der Waals surface area contributed by atoms with Crippen LogP contribution in [0.5, 0.6) is 0 Å². The molecule has 3 saturated heterocycles. The SMILES string of the molecule is CCOC(=O)c1ccc(NC(=O)[C@@H]2O[C@@H]3OC(C)(C)O[C@@H]3[C@H]3OC(C)(C)O[C@@H]32)cc1. The van der Waals surface area contributed by atoms with Crippen LogP contribution in [0.1, 0.15) is 45.0 Å². The number of rotatable bonds is 4. The van der Waals surface area contributed by atoms with Gasteiger partial charge in [-0.2, -0.15) is 0 Å². The highest BCUT2D eigenvalue weighted by molar-refractivity contribution is 5.96. The van der Waals surface area contributed by atoms with Gasteiger partial charge in [-0.15, -0.1) is 0 Å². The lowest BCUT2D eigenvalue weighted by Gasteiger charge is -2.36. The molecular weight excluding hydrogens is 394 g/mol.